The summed E-state index contributed by atoms with van der Waals surface area (Å²) in [5.74, 6) is 1.72. The quantitative estimate of drug-likeness (QED) is 0.126. The molecule has 6 nitrogen and oxygen atoms in total. The minimum absolute atomic E-state index is 0. The van der Waals surface area contributed by atoms with Crippen LogP contribution in [0.3, 0.4) is 0 Å². The fourth-order valence-corrected chi connectivity index (χ4v) is 4.66. The maximum atomic E-state index is 9.67. The van der Waals surface area contributed by atoms with E-state index in [1.165, 1.54) is 0 Å². The predicted octanol–water partition coefficient (Wildman–Crippen LogP) is 4.99. The molecule has 42 heavy (non-hydrogen) atoms. The van der Waals surface area contributed by atoms with E-state index in [0.29, 0.717) is 0 Å². The van der Waals surface area contributed by atoms with Gasteiger partial charge in [-0.25, -0.2) is 15.0 Å². The summed E-state index contributed by atoms with van der Waals surface area (Å²) in [6, 6.07) is 24.1. The zero-order valence-corrected chi connectivity index (χ0v) is 25.1. The van der Waals surface area contributed by atoms with E-state index in [1.807, 2.05) is 82.2 Å². The topological polar surface area (TPSA) is 64.9 Å². The molecule has 220 valence electrons. The van der Waals surface area contributed by atoms with Crippen molar-refractivity contribution >= 4 is 70.1 Å². The van der Waals surface area contributed by atoms with Gasteiger partial charge in [0.05, 0.1) is 0 Å². The van der Waals surface area contributed by atoms with Gasteiger partial charge in [0.25, 0.3) is 0 Å². The van der Waals surface area contributed by atoms with Crippen LogP contribution in [0, 0.1) is 0 Å². The summed E-state index contributed by atoms with van der Waals surface area (Å²) in [4.78, 5) is 14.3. The Labute approximate surface area is 253 Å². The van der Waals surface area contributed by atoms with Crippen LogP contribution in [0.2, 0.25) is 0 Å². The van der Waals surface area contributed by atoms with Crippen LogP contribution in [0.15, 0.2) is 90.2 Å². The molecule has 0 unspecified atom stereocenters. The summed E-state index contributed by atoms with van der Waals surface area (Å²) >= 11 is 7.10. The van der Waals surface area contributed by atoms with Crippen LogP contribution in [0.4, 0.5) is 41.6 Å². The van der Waals surface area contributed by atoms with Gasteiger partial charge in [-0.1, -0.05) is 54.7 Å². The lowest BCUT2D eigenvalue weighted by Gasteiger charge is -2.07. The fourth-order valence-electron chi connectivity index (χ4n) is 3.74. The first-order valence-electron chi connectivity index (χ1n) is 12.4. The van der Waals surface area contributed by atoms with E-state index in [9.17, 15) is 12.9 Å². The molecule has 0 radical (unpaired) electrons. The molecule has 0 amide bonds. The molecule has 13 heteroatoms. The molecule has 0 bridgehead atoms. The smallest absolute Gasteiger partial charge is 0.762 e. The van der Waals surface area contributed by atoms with Gasteiger partial charge in [-0.15, -0.1) is 11.8 Å². The van der Waals surface area contributed by atoms with Crippen LogP contribution in [-0.2, 0) is 10.8 Å². The molecule has 4 aromatic rings. The van der Waals surface area contributed by atoms with Crippen molar-refractivity contribution in [3.05, 3.63) is 102 Å². The van der Waals surface area contributed by atoms with E-state index < -0.39 is 7.54 Å². The third-order valence-electron chi connectivity index (χ3n) is 5.34. The molecule has 4 heterocycles. The fraction of sp³-hybridized carbons (Fsp3) is 0.172. The Morgan fingerprint density at radius 1 is 0.786 bits per heavy atom. The lowest BCUT2D eigenvalue weighted by atomic mass is 10.1. The summed E-state index contributed by atoms with van der Waals surface area (Å²) in [6.07, 6.45) is 6.39. The number of para-hydroxylation sites is 2. The second-order valence-corrected chi connectivity index (χ2v) is 10.2. The van der Waals surface area contributed by atoms with E-state index in [4.69, 9.17) is 12.2 Å². The number of benzene rings is 2. The van der Waals surface area contributed by atoms with Gasteiger partial charge in [-0.2, -0.15) is 0 Å². The van der Waals surface area contributed by atoms with Gasteiger partial charge in [0.2, 0.25) is 0 Å². The van der Waals surface area contributed by atoms with E-state index in [-0.39, 0.29) is 4.70 Å². The van der Waals surface area contributed by atoms with Crippen LogP contribution >= 0.6 is 24.0 Å². The van der Waals surface area contributed by atoms with Crippen LogP contribution in [-0.4, -0.2) is 55.0 Å². The Morgan fingerprint density at radius 3 is 1.90 bits per heavy atom. The van der Waals surface area contributed by atoms with E-state index in [0.717, 1.165) is 61.7 Å². The van der Waals surface area contributed by atoms with Crippen molar-refractivity contribution in [3.63, 3.8) is 0 Å². The molecule has 2 aromatic heterocycles. The van der Waals surface area contributed by atoms with E-state index in [1.54, 1.807) is 24.2 Å². The largest absolute Gasteiger partial charge is 1.00 e. The molecule has 2 aliphatic heterocycles. The van der Waals surface area contributed by atoms with Crippen molar-refractivity contribution in [3.8, 4) is 0 Å². The number of aromatic nitrogens is 2. The molecule has 0 atom stereocenters. The molecule has 6 rings (SSSR count). The first kappa shape index (κ1) is 34.4. The van der Waals surface area contributed by atoms with E-state index in [2.05, 4.69) is 48.2 Å². The van der Waals surface area contributed by atoms with E-state index >= 15 is 0 Å². The normalized spacial score (nSPS) is 11.8. The molecule has 2 aromatic carbocycles. The Balaban J connectivity index is 0.000000231. The Hall–Kier alpha value is -3.81. The van der Waals surface area contributed by atoms with Gasteiger partial charge < -0.3 is 19.7 Å². The summed E-state index contributed by atoms with van der Waals surface area (Å²) in [5, 5.41) is 7.68. The van der Waals surface area contributed by atoms with Crippen molar-refractivity contribution in [1.29, 1.82) is 0 Å². The number of nitrogens with zero attached hydrogens (tertiary/aromatic N) is 3. The van der Waals surface area contributed by atoms with Crippen molar-refractivity contribution in [2.45, 2.75) is 6.42 Å². The minimum atomic E-state index is -3.67. The lowest BCUT2D eigenvalue weighted by Crippen LogP contribution is -3.00. The highest BCUT2D eigenvalue weighted by Crippen LogP contribution is 2.34. The summed E-state index contributed by atoms with van der Waals surface area (Å²) < 4.78 is 31.6. The number of aliphatic imine (C=N–C) groups is 1. The summed E-state index contributed by atoms with van der Waals surface area (Å²) in [6.45, 7) is 0. The number of pyridine rings is 2. The third-order valence-corrected chi connectivity index (χ3v) is 6.40. The minimum Gasteiger partial charge on any atom is -1.00 e. The van der Waals surface area contributed by atoms with Gasteiger partial charge in [0, 0.05) is 51.7 Å². The van der Waals surface area contributed by atoms with Crippen molar-refractivity contribution in [1.82, 2.24) is 9.97 Å². The number of thioether (sulfide) groups is 1. The van der Waals surface area contributed by atoms with Crippen LogP contribution in [0.25, 0.3) is 0 Å². The highest BCUT2D eigenvalue weighted by atomic mass is 32.2. The number of halogens is 4. The Kier molecular flexibility index (Phi) is 14.1. The second kappa shape index (κ2) is 17.2. The SMILES string of the molecule is CSC1=Nc2cccnc2Nc2ccccc21.C[O+](C)C.FB(F)F.S=C1Cc2cccnc2Nc2ccccc21.[F-]. The maximum absolute atomic E-state index is 9.67. The van der Waals surface area contributed by atoms with Crippen LogP contribution in [0.1, 0.15) is 16.7 Å². The van der Waals surface area contributed by atoms with Gasteiger partial charge >= 0.3 is 7.54 Å². The summed E-state index contributed by atoms with van der Waals surface area (Å²) in [5.41, 5.74) is 6.37. The maximum Gasteiger partial charge on any atom is 0.762 e. The average molecular weight is 616 g/mol. The molecule has 0 spiro atoms. The zero-order valence-electron chi connectivity index (χ0n) is 23.4. The molecule has 0 fully saturated rings. The molecule has 2 N–H and O–H groups in total. The average Bonchev–Trinajstić information content (AvgIpc) is 3.19. The Bertz CT molecular complexity index is 1480. The molecule has 0 saturated carbocycles. The number of nitrogens with one attached hydrogen (secondary N) is 2. The number of fused-ring (bicyclic) bond motifs is 4. The molecule has 0 aliphatic carbocycles. The standard InChI is InChI=1S/C13H11N3S.C13H10N2S.C3H9O.BF3.FH/c1-17-13-9-5-2-3-6-10(9)15-12-11(16-13)7-4-8-14-12;16-12-8-9-4-3-7-14-13(9)15-11-6-2-1-5-10(11)12;1-4(2)3;2-1(3)4;/h2-8H,1H3,(H,14,15);1-7H,8H2,(H,14,15);1-3H3;;1H/q;;+1;;/p-1. The highest BCUT2D eigenvalue weighted by molar-refractivity contribution is 8.13. The van der Waals surface area contributed by atoms with Crippen LogP contribution < -0.4 is 15.3 Å². The van der Waals surface area contributed by atoms with Gasteiger partial charge in [0.15, 0.2) is 5.82 Å². The number of thiocarbonyl (C=S) groups is 1. The Morgan fingerprint density at radius 2 is 1.29 bits per heavy atom. The number of anilines is 4. The van der Waals surface area contributed by atoms with Crippen molar-refractivity contribution in [2.24, 2.45) is 4.99 Å². The number of hydrogen-bond donors (Lipinski definition) is 2. The van der Waals surface area contributed by atoms with Crippen molar-refractivity contribution in [2.75, 3.05) is 38.2 Å². The molecular weight excluding hydrogens is 585 g/mol. The lowest BCUT2D eigenvalue weighted by molar-refractivity contribution is -0.00282. The van der Waals surface area contributed by atoms with Gasteiger partial charge in [-0.05, 0) is 36.6 Å². The first-order chi connectivity index (χ1) is 19.7. The predicted molar refractivity (Wildman–Crippen MR) is 171 cm³/mol. The molecular formula is C29H30BF4N5OS2. The van der Waals surface area contributed by atoms with Crippen molar-refractivity contribution < 1.29 is 22.0 Å². The van der Waals surface area contributed by atoms with Gasteiger partial charge in [0.1, 0.15) is 37.9 Å². The summed E-state index contributed by atoms with van der Waals surface area (Å²) in [7, 11) is 2.08. The molecule has 0 saturated heterocycles. The monoisotopic (exact) mass is 615 g/mol. The first-order valence-corrected chi connectivity index (χ1v) is 14.0. The zero-order chi connectivity index (χ0) is 29.8. The molecule has 2 aliphatic rings. The highest BCUT2D eigenvalue weighted by Gasteiger charge is 2.17. The van der Waals surface area contributed by atoms with Gasteiger partial charge in [-0.3, -0.25) is 12.9 Å². The number of hydrogen-bond acceptors (Lipinski definition) is 7. The third kappa shape index (κ3) is 10.2. The number of rotatable bonds is 0. The van der Waals surface area contributed by atoms with Crippen LogP contribution in [0.5, 0.6) is 0 Å². The second-order valence-electron chi connectivity index (χ2n) is 8.92.